The molecule has 3 aliphatic rings. The number of pyridine rings is 1. The fraction of sp³-hybridized carbons (Fsp3) is 0.267. The number of carbonyl (C=O) groups is 2. The van der Waals surface area contributed by atoms with Gasteiger partial charge in [-0.1, -0.05) is 6.07 Å². The van der Waals surface area contributed by atoms with Crippen LogP contribution in [0.4, 0.5) is 10.1 Å². The third kappa shape index (κ3) is 3.66. The van der Waals surface area contributed by atoms with E-state index in [1.165, 1.54) is 21.4 Å². The normalized spacial score (nSPS) is 16.4. The third-order valence-electron chi connectivity index (χ3n) is 7.90. The molecule has 2 aliphatic heterocycles. The van der Waals surface area contributed by atoms with Crippen LogP contribution in [0.25, 0.3) is 11.4 Å². The van der Waals surface area contributed by atoms with Crippen LogP contribution in [0, 0.1) is 5.82 Å². The SMILES string of the molecule is CCOC(=O)c1nn(-c2cc3c(cc2F)OCC3)c2c1C1(CC1)CN(c1ccc(-n3ccccc3=O)cc1)C2=O. The summed E-state index contributed by atoms with van der Waals surface area (Å²) in [6, 6.07) is 15.0. The van der Waals surface area contributed by atoms with Gasteiger partial charge in [0.2, 0.25) is 0 Å². The van der Waals surface area contributed by atoms with Crippen LogP contribution in [0.2, 0.25) is 0 Å². The van der Waals surface area contributed by atoms with Gasteiger partial charge in [0.25, 0.3) is 11.5 Å². The zero-order chi connectivity index (χ0) is 27.6. The Kier molecular flexibility index (Phi) is 5.41. The maximum Gasteiger partial charge on any atom is 0.359 e. The minimum absolute atomic E-state index is 0.0531. The van der Waals surface area contributed by atoms with Crippen molar-refractivity contribution < 1.29 is 23.5 Å². The minimum atomic E-state index is -0.632. The number of halogens is 1. The number of hydrogen-bond acceptors (Lipinski definition) is 6. The summed E-state index contributed by atoms with van der Waals surface area (Å²) in [6.45, 7) is 2.65. The topological polar surface area (TPSA) is 95.7 Å². The van der Waals surface area contributed by atoms with E-state index in [0.29, 0.717) is 42.3 Å². The number of fused-ring (bicyclic) bond motifs is 3. The molecule has 0 unspecified atom stereocenters. The van der Waals surface area contributed by atoms with E-state index in [2.05, 4.69) is 5.10 Å². The molecule has 40 heavy (non-hydrogen) atoms. The average Bonchev–Trinajstić information content (AvgIpc) is 3.37. The van der Waals surface area contributed by atoms with Gasteiger partial charge in [0, 0.05) is 53.6 Å². The highest BCUT2D eigenvalue weighted by atomic mass is 19.1. The van der Waals surface area contributed by atoms with E-state index in [1.807, 2.05) is 0 Å². The second-order valence-corrected chi connectivity index (χ2v) is 10.3. The Morgan fingerprint density at radius 3 is 2.60 bits per heavy atom. The lowest BCUT2D eigenvalue weighted by molar-refractivity contribution is 0.0516. The van der Waals surface area contributed by atoms with Gasteiger partial charge in [-0.25, -0.2) is 13.9 Å². The number of nitrogens with zero attached hydrogens (tertiary/aromatic N) is 4. The summed E-state index contributed by atoms with van der Waals surface area (Å²) in [5.74, 6) is -1.16. The number of carbonyl (C=O) groups excluding carboxylic acids is 2. The maximum absolute atomic E-state index is 15.4. The van der Waals surface area contributed by atoms with Gasteiger partial charge in [-0.3, -0.25) is 14.2 Å². The number of rotatable bonds is 5. The van der Waals surface area contributed by atoms with Gasteiger partial charge in [-0.2, -0.15) is 5.10 Å². The predicted octanol–water partition coefficient (Wildman–Crippen LogP) is 3.97. The van der Waals surface area contributed by atoms with E-state index in [-0.39, 0.29) is 29.2 Å². The van der Waals surface area contributed by atoms with Gasteiger partial charge < -0.3 is 14.4 Å². The Bertz CT molecular complexity index is 1750. The molecule has 9 nitrogen and oxygen atoms in total. The molecule has 0 atom stereocenters. The molecule has 0 radical (unpaired) electrons. The molecule has 10 heteroatoms. The van der Waals surface area contributed by atoms with Crippen LogP contribution in [-0.4, -0.2) is 46.0 Å². The molecule has 0 bridgehead atoms. The van der Waals surface area contributed by atoms with Crippen LogP contribution in [0.15, 0.2) is 65.6 Å². The van der Waals surface area contributed by atoms with Crippen molar-refractivity contribution >= 4 is 17.6 Å². The van der Waals surface area contributed by atoms with Crippen molar-refractivity contribution in [3.63, 3.8) is 0 Å². The average molecular weight is 541 g/mol. The molecule has 1 saturated carbocycles. The molecule has 4 heterocycles. The first-order chi connectivity index (χ1) is 19.4. The first-order valence-corrected chi connectivity index (χ1v) is 13.3. The molecular formula is C30H25FN4O5. The first-order valence-electron chi connectivity index (χ1n) is 13.3. The highest BCUT2D eigenvalue weighted by Gasteiger charge is 2.56. The Morgan fingerprint density at radius 1 is 1.10 bits per heavy atom. The Hall–Kier alpha value is -4.73. The van der Waals surface area contributed by atoms with E-state index >= 15 is 4.39 Å². The Labute approximate surface area is 228 Å². The molecular weight excluding hydrogens is 515 g/mol. The van der Waals surface area contributed by atoms with Crippen LogP contribution in [0.3, 0.4) is 0 Å². The number of esters is 1. The molecule has 2 aromatic heterocycles. The molecule has 7 rings (SSSR count). The molecule has 4 aromatic rings. The van der Waals surface area contributed by atoms with Crippen molar-refractivity contribution in [1.29, 1.82) is 0 Å². The monoisotopic (exact) mass is 540 g/mol. The smallest absolute Gasteiger partial charge is 0.359 e. The van der Waals surface area contributed by atoms with E-state index < -0.39 is 23.1 Å². The highest BCUT2D eigenvalue weighted by molar-refractivity contribution is 6.10. The molecule has 2 aromatic carbocycles. The van der Waals surface area contributed by atoms with Crippen molar-refractivity contribution in [1.82, 2.24) is 14.3 Å². The van der Waals surface area contributed by atoms with Crippen molar-refractivity contribution in [3.05, 3.63) is 99.5 Å². The summed E-state index contributed by atoms with van der Waals surface area (Å²) in [7, 11) is 0. The number of aromatic nitrogens is 3. The van der Waals surface area contributed by atoms with Crippen molar-refractivity contribution in [2.45, 2.75) is 31.6 Å². The largest absolute Gasteiger partial charge is 0.493 e. The maximum atomic E-state index is 15.4. The van der Waals surface area contributed by atoms with Gasteiger partial charge in [-0.15, -0.1) is 0 Å². The zero-order valence-electron chi connectivity index (χ0n) is 21.7. The molecule has 1 spiro atoms. The number of ether oxygens (including phenoxy) is 2. The van der Waals surface area contributed by atoms with Gasteiger partial charge >= 0.3 is 5.97 Å². The summed E-state index contributed by atoms with van der Waals surface area (Å²) in [5.41, 5.74) is 2.27. The van der Waals surface area contributed by atoms with Crippen LogP contribution < -0.4 is 15.2 Å². The first kappa shape index (κ1) is 24.3. The third-order valence-corrected chi connectivity index (χ3v) is 7.90. The molecule has 1 amide bonds. The summed E-state index contributed by atoms with van der Waals surface area (Å²) < 4.78 is 29.0. The summed E-state index contributed by atoms with van der Waals surface area (Å²) in [4.78, 5) is 41.2. The second kappa shape index (κ2) is 8.90. The van der Waals surface area contributed by atoms with Crippen LogP contribution in [0.5, 0.6) is 5.75 Å². The fourth-order valence-electron chi connectivity index (χ4n) is 5.77. The van der Waals surface area contributed by atoms with Gasteiger partial charge in [0.05, 0.1) is 13.2 Å². The standard InChI is InChI=1S/C30H25FN4O5/c1-2-39-29(38)26-25-27(35(32-26)22-15-18-10-14-40-23(18)16-21(22)31)28(37)34(17-30(25)11-12-30)20-8-6-19(7-9-20)33-13-4-3-5-24(33)36/h3-9,13,15-16H,2,10-12,14,17H2,1H3. The van der Waals surface area contributed by atoms with Crippen LogP contribution >= 0.6 is 0 Å². The summed E-state index contributed by atoms with van der Waals surface area (Å²) in [6.07, 6.45) is 3.79. The number of amides is 1. The molecule has 202 valence electrons. The molecule has 0 saturated heterocycles. The number of anilines is 1. The Balaban J connectivity index is 1.36. The fourth-order valence-corrected chi connectivity index (χ4v) is 5.77. The number of benzene rings is 2. The van der Waals surface area contributed by atoms with E-state index in [4.69, 9.17) is 9.47 Å². The molecule has 0 N–H and O–H groups in total. The molecule has 1 fully saturated rings. The predicted molar refractivity (Wildman–Crippen MR) is 143 cm³/mol. The van der Waals surface area contributed by atoms with E-state index in [9.17, 15) is 14.4 Å². The van der Waals surface area contributed by atoms with E-state index in [1.54, 1.807) is 60.5 Å². The van der Waals surface area contributed by atoms with Crippen molar-refractivity contribution in [3.8, 4) is 17.1 Å². The van der Waals surface area contributed by atoms with Gasteiger partial charge in [-0.05, 0) is 61.7 Å². The lowest BCUT2D eigenvalue weighted by Crippen LogP contribution is -2.44. The second-order valence-electron chi connectivity index (χ2n) is 10.3. The number of hydrogen-bond donors (Lipinski definition) is 0. The van der Waals surface area contributed by atoms with Crippen molar-refractivity contribution in [2.75, 3.05) is 24.7 Å². The summed E-state index contributed by atoms with van der Waals surface area (Å²) in [5, 5.41) is 4.52. The van der Waals surface area contributed by atoms with E-state index in [0.717, 1.165) is 18.4 Å². The highest BCUT2D eigenvalue weighted by Crippen LogP contribution is 2.54. The Morgan fingerprint density at radius 2 is 1.88 bits per heavy atom. The lowest BCUT2D eigenvalue weighted by atomic mass is 9.88. The van der Waals surface area contributed by atoms with Gasteiger partial charge in [0.15, 0.2) is 11.5 Å². The van der Waals surface area contributed by atoms with Crippen LogP contribution in [-0.2, 0) is 16.6 Å². The zero-order valence-corrected chi connectivity index (χ0v) is 21.7. The molecule has 1 aliphatic carbocycles. The quantitative estimate of drug-likeness (QED) is 0.356. The van der Waals surface area contributed by atoms with Gasteiger partial charge in [0.1, 0.15) is 17.1 Å². The lowest BCUT2D eigenvalue weighted by Gasteiger charge is -2.33. The van der Waals surface area contributed by atoms with Crippen LogP contribution in [0.1, 0.15) is 51.9 Å². The van der Waals surface area contributed by atoms with Crippen molar-refractivity contribution in [2.24, 2.45) is 0 Å². The summed E-state index contributed by atoms with van der Waals surface area (Å²) >= 11 is 0. The minimum Gasteiger partial charge on any atom is -0.493 e.